The Morgan fingerprint density at radius 1 is 1.10 bits per heavy atom. The summed E-state index contributed by atoms with van der Waals surface area (Å²) in [7, 11) is 0. The molecule has 4 heteroatoms. The molecular formula is C17H15FO3. The first-order valence-corrected chi connectivity index (χ1v) is 6.96. The molecule has 0 atom stereocenters. The van der Waals surface area contributed by atoms with E-state index in [0.29, 0.717) is 5.75 Å². The third kappa shape index (κ3) is 2.75. The van der Waals surface area contributed by atoms with E-state index in [-0.39, 0.29) is 11.3 Å². The molecule has 0 bridgehead atoms. The molecule has 0 aromatic heterocycles. The minimum atomic E-state index is -1.21. The van der Waals surface area contributed by atoms with E-state index in [1.54, 1.807) is 6.07 Å². The van der Waals surface area contributed by atoms with Crippen LogP contribution in [0, 0.1) is 5.82 Å². The standard InChI is InChI=1S/C17H15FO3/c18-15-7-3-6-14(17(19)20)16(15)21-13-9-8-11-4-1-2-5-12(11)10-13/h3,6-10H,1-2,4-5H2,(H,19,20). The predicted octanol–water partition coefficient (Wildman–Crippen LogP) is 4.20. The third-order valence-electron chi connectivity index (χ3n) is 3.74. The van der Waals surface area contributed by atoms with E-state index in [1.807, 2.05) is 12.1 Å². The molecule has 108 valence electrons. The lowest BCUT2D eigenvalue weighted by Gasteiger charge is -2.17. The molecule has 1 N–H and O–H groups in total. The molecule has 1 aliphatic rings. The molecule has 0 fully saturated rings. The van der Waals surface area contributed by atoms with Crippen LogP contribution in [0.1, 0.15) is 34.3 Å². The van der Waals surface area contributed by atoms with Gasteiger partial charge in [0.2, 0.25) is 0 Å². The van der Waals surface area contributed by atoms with Crippen molar-refractivity contribution >= 4 is 5.97 Å². The van der Waals surface area contributed by atoms with Gasteiger partial charge in [-0.05, 0) is 61.1 Å². The molecule has 0 aliphatic heterocycles. The fourth-order valence-corrected chi connectivity index (χ4v) is 2.67. The van der Waals surface area contributed by atoms with Crippen molar-refractivity contribution in [3.8, 4) is 11.5 Å². The average molecular weight is 286 g/mol. The molecule has 3 rings (SSSR count). The van der Waals surface area contributed by atoms with Gasteiger partial charge in [0.15, 0.2) is 11.6 Å². The number of fused-ring (bicyclic) bond motifs is 1. The molecule has 0 spiro atoms. The van der Waals surface area contributed by atoms with Crippen LogP contribution in [-0.4, -0.2) is 11.1 Å². The average Bonchev–Trinajstić information content (AvgIpc) is 2.49. The highest BCUT2D eigenvalue weighted by molar-refractivity contribution is 5.91. The Balaban J connectivity index is 1.95. The molecule has 0 unspecified atom stereocenters. The summed E-state index contributed by atoms with van der Waals surface area (Å²) in [5.74, 6) is -1.64. The molecule has 0 heterocycles. The number of carboxylic acids is 1. The van der Waals surface area contributed by atoms with E-state index in [9.17, 15) is 9.18 Å². The summed E-state index contributed by atoms with van der Waals surface area (Å²) in [5, 5.41) is 9.11. The van der Waals surface area contributed by atoms with E-state index >= 15 is 0 Å². The fourth-order valence-electron chi connectivity index (χ4n) is 2.67. The van der Waals surface area contributed by atoms with Crippen LogP contribution in [0.5, 0.6) is 11.5 Å². The predicted molar refractivity (Wildman–Crippen MR) is 76.5 cm³/mol. The number of aromatic carboxylic acids is 1. The minimum Gasteiger partial charge on any atom is -0.478 e. The third-order valence-corrected chi connectivity index (χ3v) is 3.74. The van der Waals surface area contributed by atoms with Crippen molar-refractivity contribution in [1.82, 2.24) is 0 Å². The van der Waals surface area contributed by atoms with Gasteiger partial charge in [0.25, 0.3) is 0 Å². The summed E-state index contributed by atoms with van der Waals surface area (Å²) in [4.78, 5) is 11.2. The minimum absolute atomic E-state index is 0.173. The van der Waals surface area contributed by atoms with E-state index in [2.05, 4.69) is 0 Å². The Kier molecular flexibility index (Phi) is 3.60. The number of ether oxygens (including phenoxy) is 1. The van der Waals surface area contributed by atoms with Crippen molar-refractivity contribution in [2.24, 2.45) is 0 Å². The smallest absolute Gasteiger partial charge is 0.339 e. The lowest BCUT2D eigenvalue weighted by molar-refractivity contribution is 0.0693. The van der Waals surface area contributed by atoms with Crippen LogP contribution in [0.25, 0.3) is 0 Å². The molecule has 21 heavy (non-hydrogen) atoms. The topological polar surface area (TPSA) is 46.5 Å². The summed E-state index contributed by atoms with van der Waals surface area (Å²) >= 11 is 0. The largest absolute Gasteiger partial charge is 0.478 e. The van der Waals surface area contributed by atoms with Crippen molar-refractivity contribution in [3.63, 3.8) is 0 Å². The number of rotatable bonds is 3. The number of hydrogen-bond acceptors (Lipinski definition) is 2. The van der Waals surface area contributed by atoms with Crippen LogP contribution < -0.4 is 4.74 Å². The number of para-hydroxylation sites is 1. The normalized spacial score (nSPS) is 13.6. The molecule has 0 radical (unpaired) electrons. The monoisotopic (exact) mass is 286 g/mol. The maximum Gasteiger partial charge on any atom is 0.339 e. The van der Waals surface area contributed by atoms with Crippen molar-refractivity contribution < 1.29 is 19.0 Å². The van der Waals surface area contributed by atoms with Crippen molar-refractivity contribution in [3.05, 3.63) is 58.9 Å². The number of benzene rings is 2. The van der Waals surface area contributed by atoms with Crippen LogP contribution in [0.3, 0.4) is 0 Å². The summed E-state index contributed by atoms with van der Waals surface area (Å²) in [6.45, 7) is 0. The highest BCUT2D eigenvalue weighted by atomic mass is 19.1. The Bertz CT molecular complexity index is 694. The fraction of sp³-hybridized carbons (Fsp3) is 0.235. The Morgan fingerprint density at radius 3 is 2.62 bits per heavy atom. The lowest BCUT2D eigenvalue weighted by Crippen LogP contribution is -2.04. The molecule has 3 nitrogen and oxygen atoms in total. The van der Waals surface area contributed by atoms with Gasteiger partial charge >= 0.3 is 5.97 Å². The maximum absolute atomic E-state index is 13.8. The first-order chi connectivity index (χ1) is 10.1. The quantitative estimate of drug-likeness (QED) is 0.920. The van der Waals surface area contributed by atoms with Crippen molar-refractivity contribution in [2.75, 3.05) is 0 Å². The van der Waals surface area contributed by atoms with E-state index in [1.165, 1.54) is 35.7 Å². The number of halogens is 1. The summed E-state index contributed by atoms with van der Waals surface area (Å²) < 4.78 is 19.4. The first kappa shape index (κ1) is 13.6. The molecule has 2 aromatic rings. The molecular weight excluding hydrogens is 271 g/mol. The second-order valence-electron chi connectivity index (χ2n) is 5.16. The molecule has 0 saturated heterocycles. The first-order valence-electron chi connectivity index (χ1n) is 6.96. The Hall–Kier alpha value is -2.36. The van der Waals surface area contributed by atoms with Gasteiger partial charge in [-0.3, -0.25) is 0 Å². The van der Waals surface area contributed by atoms with Gasteiger partial charge in [-0.15, -0.1) is 0 Å². The van der Waals surface area contributed by atoms with E-state index < -0.39 is 11.8 Å². The summed E-state index contributed by atoms with van der Waals surface area (Å²) in [5.41, 5.74) is 2.32. The maximum atomic E-state index is 13.8. The lowest BCUT2D eigenvalue weighted by atomic mass is 9.92. The molecule has 1 aliphatic carbocycles. The number of hydrogen-bond donors (Lipinski definition) is 1. The Labute approximate surface area is 122 Å². The van der Waals surface area contributed by atoms with Gasteiger partial charge in [0, 0.05) is 0 Å². The van der Waals surface area contributed by atoms with Gasteiger partial charge < -0.3 is 9.84 Å². The highest BCUT2D eigenvalue weighted by Gasteiger charge is 2.17. The zero-order valence-electron chi connectivity index (χ0n) is 11.4. The van der Waals surface area contributed by atoms with E-state index in [4.69, 9.17) is 9.84 Å². The van der Waals surface area contributed by atoms with Gasteiger partial charge in [0.05, 0.1) is 0 Å². The zero-order valence-corrected chi connectivity index (χ0v) is 11.4. The van der Waals surface area contributed by atoms with Crippen molar-refractivity contribution in [1.29, 1.82) is 0 Å². The van der Waals surface area contributed by atoms with Gasteiger partial charge in [0.1, 0.15) is 11.3 Å². The SMILES string of the molecule is O=C(O)c1cccc(F)c1Oc1ccc2c(c1)CCCC2. The zero-order chi connectivity index (χ0) is 14.8. The Morgan fingerprint density at radius 2 is 1.86 bits per heavy atom. The molecule has 0 amide bonds. The van der Waals surface area contributed by atoms with Crippen LogP contribution in [0.4, 0.5) is 4.39 Å². The highest BCUT2D eigenvalue weighted by Crippen LogP contribution is 2.31. The van der Waals surface area contributed by atoms with Crippen LogP contribution >= 0.6 is 0 Å². The van der Waals surface area contributed by atoms with Crippen LogP contribution in [0.15, 0.2) is 36.4 Å². The number of carboxylic acid groups (broad SMARTS) is 1. The van der Waals surface area contributed by atoms with Crippen LogP contribution in [-0.2, 0) is 12.8 Å². The number of aryl methyl sites for hydroxylation is 2. The second-order valence-corrected chi connectivity index (χ2v) is 5.16. The molecule has 2 aromatic carbocycles. The van der Waals surface area contributed by atoms with Gasteiger partial charge in [-0.25, -0.2) is 9.18 Å². The summed E-state index contributed by atoms with van der Waals surface area (Å²) in [6.07, 6.45) is 4.35. The van der Waals surface area contributed by atoms with Crippen LogP contribution in [0.2, 0.25) is 0 Å². The van der Waals surface area contributed by atoms with Gasteiger partial charge in [-0.1, -0.05) is 12.1 Å². The summed E-state index contributed by atoms with van der Waals surface area (Å²) in [6, 6.07) is 9.51. The van der Waals surface area contributed by atoms with Gasteiger partial charge in [-0.2, -0.15) is 0 Å². The number of carbonyl (C=O) groups is 1. The van der Waals surface area contributed by atoms with E-state index in [0.717, 1.165) is 19.3 Å². The van der Waals surface area contributed by atoms with Crippen molar-refractivity contribution in [2.45, 2.75) is 25.7 Å². The molecule has 0 saturated carbocycles. The second kappa shape index (κ2) is 5.56.